The zero-order valence-corrected chi connectivity index (χ0v) is 26.7. The normalized spacial score (nSPS) is 19.2. The fourth-order valence-corrected chi connectivity index (χ4v) is 5.99. The first-order chi connectivity index (χ1) is 19.3. The molecule has 3 amide bonds. The summed E-state index contributed by atoms with van der Waals surface area (Å²) in [6, 6.07) is 6.48. The van der Waals surface area contributed by atoms with Crippen LogP contribution in [0, 0.1) is 18.3 Å². The number of aromatic nitrogens is 1. The first-order valence-corrected chi connectivity index (χ1v) is 15.8. The number of benzene rings is 1. The molecule has 7 nitrogen and oxygen atoms in total. The maximum absolute atomic E-state index is 14.4. The summed E-state index contributed by atoms with van der Waals surface area (Å²) in [7, 11) is 0. The van der Waals surface area contributed by atoms with Crippen molar-refractivity contribution in [3.8, 4) is 10.4 Å². The first-order valence-electron chi connectivity index (χ1n) is 14.9. The van der Waals surface area contributed by atoms with Crippen LogP contribution in [0.5, 0.6) is 0 Å². The molecule has 9 heteroatoms. The second-order valence-corrected chi connectivity index (χ2v) is 13.4. The van der Waals surface area contributed by atoms with Crippen LogP contribution in [0.2, 0.25) is 0 Å². The highest BCUT2D eigenvalue weighted by Crippen LogP contribution is 2.40. The predicted molar refractivity (Wildman–Crippen MR) is 163 cm³/mol. The van der Waals surface area contributed by atoms with Gasteiger partial charge in [-0.3, -0.25) is 14.4 Å². The molecular weight excluding hydrogens is 539 g/mol. The zero-order chi connectivity index (χ0) is 30.5. The van der Waals surface area contributed by atoms with Gasteiger partial charge in [-0.1, -0.05) is 72.7 Å². The number of carbonyl (C=O) groups excluding carboxylic acids is 3. The molecule has 4 rings (SSSR count). The van der Waals surface area contributed by atoms with Crippen LogP contribution in [0.3, 0.4) is 0 Å². The molecule has 41 heavy (non-hydrogen) atoms. The molecule has 0 spiro atoms. The van der Waals surface area contributed by atoms with Crippen LogP contribution in [0.1, 0.15) is 97.9 Å². The predicted octanol–water partition coefficient (Wildman–Crippen LogP) is 6.37. The minimum atomic E-state index is -1.87. The summed E-state index contributed by atoms with van der Waals surface area (Å²) in [4.78, 5) is 46.9. The highest BCUT2D eigenvalue weighted by atomic mass is 32.1. The van der Waals surface area contributed by atoms with Gasteiger partial charge in [0.05, 0.1) is 22.1 Å². The van der Waals surface area contributed by atoms with Crippen LogP contribution < -0.4 is 10.6 Å². The minimum Gasteiger partial charge on any atom is -0.347 e. The van der Waals surface area contributed by atoms with Gasteiger partial charge in [-0.15, -0.1) is 11.3 Å². The number of aryl methyl sites for hydroxylation is 1. The summed E-state index contributed by atoms with van der Waals surface area (Å²) >= 11 is 1.60. The van der Waals surface area contributed by atoms with E-state index in [9.17, 15) is 18.8 Å². The molecule has 1 aliphatic heterocycles. The number of halogens is 1. The van der Waals surface area contributed by atoms with E-state index in [1.807, 2.05) is 47.1 Å². The summed E-state index contributed by atoms with van der Waals surface area (Å²) in [5, 5.41) is 5.89. The van der Waals surface area contributed by atoms with Crippen LogP contribution in [0.25, 0.3) is 10.4 Å². The highest BCUT2D eigenvalue weighted by molar-refractivity contribution is 7.13. The lowest BCUT2D eigenvalue weighted by Crippen LogP contribution is -2.59. The van der Waals surface area contributed by atoms with E-state index in [0.29, 0.717) is 25.3 Å². The number of rotatable bonds is 9. The molecule has 0 radical (unpaired) electrons. The largest absolute Gasteiger partial charge is 0.347 e. The number of amides is 3. The molecule has 226 valence electrons. The standard InChI is InChI=1S/C30H41FN4O3S.C2H6/c1-18(2)16-22(20-9-11-21(12-10-20)24-19(3)32-17-39-24)33-26(36)23-8-7-15-35(23)27(37)25(29(4,5)6)34-28(38)30(31)13-14-30;1-2/h9-12,17-18,22-23,25H,7-8,13-16H2,1-6H3,(H,33,36)(H,34,38);1-2H3. The van der Waals surface area contributed by atoms with E-state index < -0.39 is 29.1 Å². The first kappa shape index (κ1) is 32.7. The molecule has 2 heterocycles. The number of nitrogens with one attached hydrogen (secondary N) is 2. The van der Waals surface area contributed by atoms with Gasteiger partial charge < -0.3 is 15.5 Å². The van der Waals surface area contributed by atoms with Crippen LogP contribution in [-0.4, -0.2) is 51.9 Å². The Morgan fingerprint density at radius 3 is 2.27 bits per heavy atom. The Hall–Kier alpha value is -2.81. The van der Waals surface area contributed by atoms with Crippen molar-refractivity contribution in [1.82, 2.24) is 20.5 Å². The molecule has 2 aromatic rings. The maximum atomic E-state index is 14.4. The van der Waals surface area contributed by atoms with Gasteiger partial charge in [-0.05, 0) is 61.5 Å². The topological polar surface area (TPSA) is 91.4 Å². The van der Waals surface area contributed by atoms with Gasteiger partial charge in [-0.2, -0.15) is 0 Å². The Kier molecular flexibility index (Phi) is 10.7. The lowest BCUT2D eigenvalue weighted by molar-refractivity contribution is -0.145. The number of alkyl halides is 1. The highest BCUT2D eigenvalue weighted by Gasteiger charge is 2.53. The Labute approximate surface area is 248 Å². The lowest BCUT2D eigenvalue weighted by atomic mass is 9.85. The monoisotopic (exact) mass is 586 g/mol. The number of hydrogen-bond acceptors (Lipinski definition) is 5. The average Bonchev–Trinajstić information content (AvgIpc) is 3.28. The molecule has 3 atom stereocenters. The smallest absolute Gasteiger partial charge is 0.258 e. The summed E-state index contributed by atoms with van der Waals surface area (Å²) in [6.45, 7) is 16.2. The van der Waals surface area contributed by atoms with Crippen molar-refractivity contribution < 1.29 is 18.8 Å². The minimum absolute atomic E-state index is 0.181. The maximum Gasteiger partial charge on any atom is 0.258 e. The lowest BCUT2D eigenvalue weighted by Gasteiger charge is -2.36. The van der Waals surface area contributed by atoms with Crippen molar-refractivity contribution >= 4 is 29.1 Å². The Bertz CT molecular complexity index is 1200. The van der Waals surface area contributed by atoms with Crippen molar-refractivity contribution in [2.24, 2.45) is 11.3 Å². The summed E-state index contributed by atoms with van der Waals surface area (Å²) in [5.41, 5.74) is 2.43. The third-order valence-electron chi connectivity index (χ3n) is 7.67. The van der Waals surface area contributed by atoms with Gasteiger partial charge in [0.15, 0.2) is 5.67 Å². The fourth-order valence-electron chi connectivity index (χ4n) is 5.18. The van der Waals surface area contributed by atoms with E-state index in [0.717, 1.165) is 28.1 Å². The molecule has 1 aromatic carbocycles. The molecule has 2 aliphatic rings. The van der Waals surface area contributed by atoms with Crippen LogP contribution >= 0.6 is 11.3 Å². The molecule has 1 aromatic heterocycles. The van der Waals surface area contributed by atoms with Gasteiger partial charge in [0, 0.05) is 6.54 Å². The third kappa shape index (κ3) is 7.93. The molecule has 3 unspecified atom stereocenters. The second-order valence-electron chi connectivity index (χ2n) is 12.5. The number of hydrogen-bond donors (Lipinski definition) is 2. The van der Waals surface area contributed by atoms with Crippen molar-refractivity contribution in [2.75, 3.05) is 6.54 Å². The van der Waals surface area contributed by atoms with Crippen molar-refractivity contribution in [2.45, 2.75) is 111 Å². The molecule has 2 N–H and O–H groups in total. The van der Waals surface area contributed by atoms with Crippen LogP contribution in [-0.2, 0) is 14.4 Å². The number of carbonyl (C=O) groups is 3. The molecule has 1 saturated heterocycles. The summed E-state index contributed by atoms with van der Waals surface area (Å²) < 4.78 is 14.4. The number of thiazole rings is 1. The van der Waals surface area contributed by atoms with Crippen molar-refractivity contribution in [3.05, 3.63) is 41.0 Å². The molecule has 1 aliphatic carbocycles. The second kappa shape index (κ2) is 13.4. The van der Waals surface area contributed by atoms with Gasteiger partial charge in [0.1, 0.15) is 12.1 Å². The average molecular weight is 587 g/mol. The molecule has 1 saturated carbocycles. The number of likely N-dealkylation sites (tertiary alicyclic amines) is 1. The van der Waals surface area contributed by atoms with Crippen molar-refractivity contribution in [1.29, 1.82) is 0 Å². The van der Waals surface area contributed by atoms with E-state index >= 15 is 0 Å². The Balaban J connectivity index is 0.00000226. The fraction of sp³-hybridized carbons (Fsp3) is 0.625. The Morgan fingerprint density at radius 2 is 1.76 bits per heavy atom. The quantitative estimate of drug-likeness (QED) is 0.357. The van der Waals surface area contributed by atoms with Gasteiger partial charge in [-0.25, -0.2) is 9.37 Å². The third-order valence-corrected chi connectivity index (χ3v) is 8.64. The summed E-state index contributed by atoms with van der Waals surface area (Å²) in [5.74, 6) is -0.916. The van der Waals surface area contributed by atoms with Gasteiger partial charge in [0.2, 0.25) is 11.8 Å². The van der Waals surface area contributed by atoms with Crippen LogP contribution in [0.15, 0.2) is 29.8 Å². The SMILES string of the molecule is CC.Cc1ncsc1-c1ccc(C(CC(C)C)NC(=O)C2CCCN2C(=O)C(NC(=O)C2(F)CC2)C(C)(C)C)cc1. The van der Waals surface area contributed by atoms with E-state index in [4.69, 9.17) is 0 Å². The van der Waals surface area contributed by atoms with Gasteiger partial charge in [0.25, 0.3) is 5.91 Å². The number of nitrogens with zero attached hydrogens (tertiary/aromatic N) is 2. The molecular formula is C32H47FN4O3S. The van der Waals surface area contributed by atoms with E-state index in [2.05, 4.69) is 53.7 Å². The van der Waals surface area contributed by atoms with Crippen LogP contribution in [0.4, 0.5) is 4.39 Å². The van der Waals surface area contributed by atoms with E-state index in [1.165, 1.54) is 0 Å². The van der Waals surface area contributed by atoms with Crippen molar-refractivity contribution in [3.63, 3.8) is 0 Å². The molecule has 2 fully saturated rings. The Morgan fingerprint density at radius 1 is 1.12 bits per heavy atom. The van der Waals surface area contributed by atoms with Gasteiger partial charge >= 0.3 is 0 Å². The summed E-state index contributed by atoms with van der Waals surface area (Å²) in [6.07, 6.45) is 2.36. The zero-order valence-electron chi connectivity index (χ0n) is 25.8. The molecule has 0 bridgehead atoms. The van der Waals surface area contributed by atoms with E-state index in [1.54, 1.807) is 16.2 Å². The van der Waals surface area contributed by atoms with E-state index in [-0.39, 0.29) is 30.7 Å².